The van der Waals surface area contributed by atoms with Crippen molar-refractivity contribution < 1.29 is 19.4 Å². The van der Waals surface area contributed by atoms with E-state index in [0.29, 0.717) is 29.3 Å². The van der Waals surface area contributed by atoms with E-state index in [4.69, 9.17) is 4.74 Å². The van der Waals surface area contributed by atoms with Crippen molar-refractivity contribution in [3.05, 3.63) is 41.1 Å². The van der Waals surface area contributed by atoms with Gasteiger partial charge < -0.3 is 14.7 Å². The second-order valence-electron chi connectivity index (χ2n) is 6.60. The molecular weight excluding hydrogens is 404 g/mol. The van der Waals surface area contributed by atoms with Crippen LogP contribution in [0.2, 0.25) is 0 Å². The number of aromatic hydroxyl groups is 1. The number of ether oxygens (including phenoxy) is 1. The van der Waals surface area contributed by atoms with E-state index in [9.17, 15) is 14.7 Å². The first-order valence-corrected chi connectivity index (χ1v) is 10.6. The highest BCUT2D eigenvalue weighted by Gasteiger charge is 2.25. The number of aromatic nitrogens is 2. The summed E-state index contributed by atoms with van der Waals surface area (Å²) >= 11 is 0.797. The molecule has 0 aliphatic carbocycles. The summed E-state index contributed by atoms with van der Waals surface area (Å²) in [5, 5.41) is 11.9. The summed E-state index contributed by atoms with van der Waals surface area (Å²) in [7, 11) is 0. The van der Waals surface area contributed by atoms with E-state index in [1.54, 1.807) is 24.5 Å². The molecule has 1 saturated heterocycles. The van der Waals surface area contributed by atoms with E-state index in [1.165, 1.54) is 12.1 Å². The predicted molar refractivity (Wildman–Crippen MR) is 116 cm³/mol. The second kappa shape index (κ2) is 10.2. The van der Waals surface area contributed by atoms with Crippen LogP contribution in [0.3, 0.4) is 0 Å². The number of rotatable bonds is 9. The number of hydrogen-bond acceptors (Lipinski definition) is 8. The topological polar surface area (TPSA) is 105 Å². The summed E-state index contributed by atoms with van der Waals surface area (Å²) in [6.45, 7) is 7.80. The molecule has 2 aromatic rings. The van der Waals surface area contributed by atoms with Crippen LogP contribution in [0.25, 0.3) is 17.3 Å². The molecule has 30 heavy (non-hydrogen) atoms. The molecule has 0 saturated carbocycles. The average molecular weight is 429 g/mol. The minimum atomic E-state index is -0.477. The number of amides is 2. The fourth-order valence-corrected chi connectivity index (χ4v) is 3.63. The average Bonchev–Trinajstić information content (AvgIpc) is 3.06. The van der Waals surface area contributed by atoms with Gasteiger partial charge in [-0.05, 0) is 55.5 Å². The molecule has 1 aliphatic heterocycles. The lowest BCUT2D eigenvalue weighted by Crippen LogP contribution is -2.25. The lowest BCUT2D eigenvalue weighted by molar-refractivity contribution is -0.115. The molecule has 2 heterocycles. The van der Waals surface area contributed by atoms with E-state index in [2.05, 4.69) is 34.0 Å². The number of carbonyl (C=O) groups is 2. The van der Waals surface area contributed by atoms with Crippen LogP contribution in [-0.4, -0.2) is 57.4 Å². The zero-order valence-electron chi connectivity index (χ0n) is 16.9. The SMILES string of the molecule is CCN(CC)CCCOc1cncc(-c2ccc(O)c(C=C3SC(=O)NC3=O)c2)n1. The fraction of sp³-hybridized carbons (Fsp3) is 0.333. The van der Waals surface area contributed by atoms with Crippen molar-refractivity contribution in [1.82, 2.24) is 20.2 Å². The van der Waals surface area contributed by atoms with E-state index >= 15 is 0 Å². The maximum absolute atomic E-state index is 11.8. The van der Waals surface area contributed by atoms with Crippen LogP contribution in [0.1, 0.15) is 25.8 Å². The number of imide groups is 1. The Morgan fingerprint density at radius 2 is 2.03 bits per heavy atom. The number of carbonyl (C=O) groups excluding carboxylic acids is 2. The zero-order valence-corrected chi connectivity index (χ0v) is 17.7. The third kappa shape index (κ3) is 5.58. The van der Waals surface area contributed by atoms with Gasteiger partial charge in [-0.1, -0.05) is 13.8 Å². The van der Waals surface area contributed by atoms with Crippen molar-refractivity contribution >= 4 is 29.0 Å². The molecule has 158 valence electrons. The summed E-state index contributed by atoms with van der Waals surface area (Å²) in [5.41, 5.74) is 1.69. The standard InChI is InChI=1S/C21H24N4O4S/c1-3-25(4-2)8-5-9-29-19-13-22-12-16(23-19)14-6-7-17(26)15(10-14)11-18-20(27)24-21(28)30-18/h6-7,10-13,26H,3-5,8-9H2,1-2H3,(H,24,27,28). The van der Waals surface area contributed by atoms with Gasteiger partial charge in [-0.2, -0.15) is 0 Å². The number of nitrogens with one attached hydrogen (secondary N) is 1. The van der Waals surface area contributed by atoms with E-state index in [-0.39, 0.29) is 10.7 Å². The Morgan fingerprint density at radius 1 is 1.23 bits per heavy atom. The van der Waals surface area contributed by atoms with E-state index in [0.717, 1.165) is 37.8 Å². The van der Waals surface area contributed by atoms with Crippen LogP contribution in [0.15, 0.2) is 35.5 Å². The predicted octanol–water partition coefficient (Wildman–Crippen LogP) is 3.28. The third-order valence-corrected chi connectivity index (χ3v) is 5.44. The quantitative estimate of drug-likeness (QED) is 0.463. The number of thioether (sulfide) groups is 1. The Bertz CT molecular complexity index is 960. The number of benzene rings is 1. The lowest BCUT2D eigenvalue weighted by atomic mass is 10.1. The van der Waals surface area contributed by atoms with Crippen LogP contribution in [0.5, 0.6) is 11.6 Å². The summed E-state index contributed by atoms with van der Waals surface area (Å²) in [5.74, 6) is -0.0539. The highest BCUT2D eigenvalue weighted by atomic mass is 32.2. The molecule has 3 rings (SSSR count). The Balaban J connectivity index is 1.72. The van der Waals surface area contributed by atoms with Crippen molar-refractivity contribution in [2.75, 3.05) is 26.2 Å². The molecule has 2 amide bonds. The molecule has 0 radical (unpaired) electrons. The van der Waals surface area contributed by atoms with Gasteiger partial charge in [-0.25, -0.2) is 4.98 Å². The molecule has 0 unspecified atom stereocenters. The smallest absolute Gasteiger partial charge is 0.290 e. The first-order chi connectivity index (χ1) is 14.5. The molecule has 1 aromatic carbocycles. The molecule has 1 aromatic heterocycles. The number of phenols is 1. The number of phenolic OH excluding ortho intramolecular Hbond substituents is 1. The van der Waals surface area contributed by atoms with E-state index in [1.807, 2.05) is 0 Å². The first-order valence-electron chi connectivity index (χ1n) is 9.75. The van der Waals surface area contributed by atoms with Crippen LogP contribution < -0.4 is 10.1 Å². The van der Waals surface area contributed by atoms with Crippen LogP contribution in [-0.2, 0) is 4.79 Å². The van der Waals surface area contributed by atoms with Crippen molar-refractivity contribution in [3.63, 3.8) is 0 Å². The van der Waals surface area contributed by atoms with Crippen LogP contribution in [0.4, 0.5) is 4.79 Å². The first kappa shape index (κ1) is 21.8. The van der Waals surface area contributed by atoms with Gasteiger partial charge in [0.15, 0.2) is 0 Å². The van der Waals surface area contributed by atoms with Gasteiger partial charge in [0.05, 0.1) is 29.6 Å². The third-order valence-electron chi connectivity index (χ3n) is 4.63. The molecule has 0 bridgehead atoms. The summed E-state index contributed by atoms with van der Waals surface area (Å²) in [4.78, 5) is 34.3. The second-order valence-corrected chi connectivity index (χ2v) is 7.61. The molecule has 0 spiro atoms. The molecule has 9 heteroatoms. The number of nitrogens with zero attached hydrogens (tertiary/aromatic N) is 3. The molecule has 1 fully saturated rings. The monoisotopic (exact) mass is 428 g/mol. The Hall–Kier alpha value is -2.91. The largest absolute Gasteiger partial charge is 0.507 e. The maximum atomic E-state index is 11.8. The molecule has 2 N–H and O–H groups in total. The van der Waals surface area contributed by atoms with Crippen molar-refractivity contribution in [1.29, 1.82) is 0 Å². The van der Waals surface area contributed by atoms with Gasteiger partial charge in [-0.3, -0.25) is 19.9 Å². The summed E-state index contributed by atoms with van der Waals surface area (Å²) in [6.07, 6.45) is 5.54. The Kier molecular flexibility index (Phi) is 7.42. The van der Waals surface area contributed by atoms with Crippen LogP contribution >= 0.6 is 11.8 Å². The molecule has 0 atom stereocenters. The van der Waals surface area contributed by atoms with Crippen molar-refractivity contribution in [3.8, 4) is 22.9 Å². The Morgan fingerprint density at radius 3 is 2.73 bits per heavy atom. The fourth-order valence-electron chi connectivity index (χ4n) is 2.95. The van der Waals surface area contributed by atoms with E-state index < -0.39 is 11.1 Å². The molecule has 8 nitrogen and oxygen atoms in total. The van der Waals surface area contributed by atoms with Crippen molar-refractivity contribution in [2.45, 2.75) is 20.3 Å². The van der Waals surface area contributed by atoms with Gasteiger partial charge in [0.25, 0.3) is 11.1 Å². The maximum Gasteiger partial charge on any atom is 0.290 e. The lowest BCUT2D eigenvalue weighted by Gasteiger charge is -2.17. The minimum absolute atomic E-state index is 0.00392. The highest BCUT2D eigenvalue weighted by Crippen LogP contribution is 2.31. The van der Waals surface area contributed by atoms with Crippen LogP contribution in [0, 0.1) is 0 Å². The normalized spacial score (nSPS) is 15.1. The zero-order chi connectivity index (χ0) is 21.5. The summed E-state index contributed by atoms with van der Waals surface area (Å²) < 4.78 is 5.74. The van der Waals surface area contributed by atoms with Crippen molar-refractivity contribution in [2.24, 2.45) is 0 Å². The molecule has 1 aliphatic rings. The van der Waals surface area contributed by atoms with Gasteiger partial charge in [0.1, 0.15) is 5.75 Å². The summed E-state index contributed by atoms with van der Waals surface area (Å²) in [6, 6.07) is 4.91. The highest BCUT2D eigenvalue weighted by molar-refractivity contribution is 8.18. The Labute approximate surface area is 179 Å². The van der Waals surface area contributed by atoms with Gasteiger partial charge >= 0.3 is 0 Å². The van der Waals surface area contributed by atoms with Gasteiger partial charge in [0.2, 0.25) is 5.88 Å². The van der Waals surface area contributed by atoms with Gasteiger partial charge in [-0.15, -0.1) is 0 Å². The number of hydrogen-bond donors (Lipinski definition) is 2. The minimum Gasteiger partial charge on any atom is -0.507 e. The molecular formula is C21H24N4O4S. The van der Waals surface area contributed by atoms with Gasteiger partial charge in [0, 0.05) is 17.7 Å².